The van der Waals surface area contributed by atoms with Crippen LogP contribution in [0.1, 0.15) is 12.1 Å². The van der Waals surface area contributed by atoms with Crippen LogP contribution in [-0.4, -0.2) is 4.98 Å². The molecule has 2 nitrogen and oxygen atoms in total. The predicted octanol–water partition coefficient (Wildman–Crippen LogP) is 2.91. The largest absolute Gasteiger partial charge is 0.397 e. The maximum absolute atomic E-state index is 12.0. The summed E-state index contributed by atoms with van der Waals surface area (Å²) < 4.78 is 24.1. The number of alkyl halides is 2. The summed E-state index contributed by atoms with van der Waals surface area (Å²) in [4.78, 5) is 3.34. The molecule has 66 valence electrons. The molecule has 0 aliphatic heterocycles. The zero-order valence-electron chi connectivity index (χ0n) is 5.69. The summed E-state index contributed by atoms with van der Waals surface area (Å²) in [6.45, 7) is 0. The van der Waals surface area contributed by atoms with E-state index < -0.39 is 12.1 Å². The lowest BCUT2D eigenvalue weighted by Gasteiger charge is -2.03. The number of nitrogen functional groups attached to an aromatic ring is 1. The molecule has 0 unspecified atom stereocenters. The van der Waals surface area contributed by atoms with E-state index in [1.54, 1.807) is 0 Å². The van der Waals surface area contributed by atoms with E-state index in [-0.39, 0.29) is 15.9 Å². The number of halogens is 4. The first-order chi connectivity index (χ1) is 5.52. The van der Waals surface area contributed by atoms with E-state index >= 15 is 0 Å². The van der Waals surface area contributed by atoms with Gasteiger partial charge in [-0.15, -0.1) is 0 Å². The second-order valence-corrected chi connectivity index (χ2v) is 2.78. The van der Waals surface area contributed by atoms with Crippen LogP contribution in [0.25, 0.3) is 0 Å². The molecule has 0 radical (unpaired) electrons. The lowest BCUT2D eigenvalue weighted by atomic mass is 10.3. The molecule has 1 rings (SSSR count). The molecule has 1 heterocycles. The minimum atomic E-state index is -2.69. The summed E-state index contributed by atoms with van der Waals surface area (Å²) in [6, 6.07) is 0.999. The van der Waals surface area contributed by atoms with Crippen LogP contribution < -0.4 is 5.73 Å². The highest BCUT2D eigenvalue weighted by molar-refractivity contribution is 6.42. The molecular formula is C6H4Cl2F2N2. The molecule has 0 atom stereocenters. The average Bonchev–Trinajstić information content (AvgIpc) is 1.99. The molecular weight excluding hydrogens is 209 g/mol. The normalized spacial score (nSPS) is 10.8. The van der Waals surface area contributed by atoms with Crippen molar-refractivity contribution < 1.29 is 8.78 Å². The van der Waals surface area contributed by atoms with Gasteiger partial charge in [-0.05, 0) is 6.07 Å². The Labute approximate surface area is 77.3 Å². The van der Waals surface area contributed by atoms with Crippen LogP contribution in [-0.2, 0) is 0 Å². The molecule has 0 amide bonds. The van der Waals surface area contributed by atoms with Crippen molar-refractivity contribution in [1.82, 2.24) is 4.98 Å². The number of anilines is 1. The van der Waals surface area contributed by atoms with E-state index in [4.69, 9.17) is 28.9 Å². The Balaban J connectivity index is 3.21. The van der Waals surface area contributed by atoms with Gasteiger partial charge in [0.2, 0.25) is 0 Å². The second-order valence-electron chi connectivity index (χ2n) is 2.04. The number of aromatic nitrogens is 1. The Kier molecular flexibility index (Phi) is 2.69. The first-order valence-corrected chi connectivity index (χ1v) is 3.67. The van der Waals surface area contributed by atoms with Crippen molar-refractivity contribution in [2.45, 2.75) is 6.43 Å². The topological polar surface area (TPSA) is 38.9 Å². The molecule has 1 aromatic rings. The zero-order valence-corrected chi connectivity index (χ0v) is 7.20. The van der Waals surface area contributed by atoms with Gasteiger partial charge >= 0.3 is 0 Å². The molecule has 0 fully saturated rings. The highest BCUT2D eigenvalue weighted by atomic mass is 35.5. The molecule has 1 aromatic heterocycles. The molecule has 0 saturated heterocycles. The van der Waals surface area contributed by atoms with Gasteiger partial charge in [0.25, 0.3) is 6.43 Å². The maximum Gasteiger partial charge on any atom is 0.280 e. The fraction of sp³-hybridized carbons (Fsp3) is 0.167. The average molecular weight is 213 g/mol. The predicted molar refractivity (Wildman–Crippen MR) is 43.6 cm³/mol. The van der Waals surface area contributed by atoms with Gasteiger partial charge in [-0.3, -0.25) is 0 Å². The summed E-state index contributed by atoms with van der Waals surface area (Å²) in [6.07, 6.45) is -2.69. The quantitative estimate of drug-likeness (QED) is 0.728. The third kappa shape index (κ3) is 1.76. The number of nitrogens with two attached hydrogens (primary N) is 1. The van der Waals surface area contributed by atoms with Crippen molar-refractivity contribution in [3.8, 4) is 0 Å². The standard InChI is InChI=1S/C6H4Cl2F2N2/c7-4-2(11)1-3(6(9)10)12-5(4)8/h1,6H,(H2,11,12). The Bertz CT molecular complexity index is 281. The molecule has 0 aliphatic rings. The Morgan fingerprint density at radius 2 is 2.00 bits per heavy atom. The molecule has 0 bridgehead atoms. The lowest BCUT2D eigenvalue weighted by molar-refractivity contribution is 0.146. The van der Waals surface area contributed by atoms with Gasteiger partial charge in [0.05, 0.1) is 5.69 Å². The number of hydrogen-bond acceptors (Lipinski definition) is 2. The molecule has 0 aliphatic carbocycles. The van der Waals surface area contributed by atoms with E-state index in [2.05, 4.69) is 4.98 Å². The van der Waals surface area contributed by atoms with Crippen molar-refractivity contribution in [2.24, 2.45) is 0 Å². The third-order valence-corrected chi connectivity index (χ3v) is 1.96. The van der Waals surface area contributed by atoms with Gasteiger partial charge in [0, 0.05) is 0 Å². The van der Waals surface area contributed by atoms with Gasteiger partial charge in [0.15, 0.2) is 0 Å². The smallest absolute Gasteiger partial charge is 0.280 e. The van der Waals surface area contributed by atoms with Crippen LogP contribution in [0.15, 0.2) is 6.07 Å². The highest BCUT2D eigenvalue weighted by Gasteiger charge is 2.13. The number of pyridine rings is 1. The van der Waals surface area contributed by atoms with Gasteiger partial charge in [-0.2, -0.15) is 0 Å². The highest BCUT2D eigenvalue weighted by Crippen LogP contribution is 2.29. The van der Waals surface area contributed by atoms with Crippen LogP contribution in [0.2, 0.25) is 10.2 Å². The van der Waals surface area contributed by atoms with Gasteiger partial charge < -0.3 is 5.73 Å². The molecule has 2 N–H and O–H groups in total. The Hall–Kier alpha value is -0.610. The first kappa shape index (κ1) is 9.48. The minimum absolute atomic E-state index is 0.000988. The van der Waals surface area contributed by atoms with E-state index in [0.29, 0.717) is 0 Å². The van der Waals surface area contributed by atoms with E-state index in [1.807, 2.05) is 0 Å². The molecule has 0 aromatic carbocycles. The summed E-state index contributed by atoms with van der Waals surface area (Å²) in [5.74, 6) is 0. The monoisotopic (exact) mass is 212 g/mol. The van der Waals surface area contributed by atoms with E-state index in [1.165, 1.54) is 0 Å². The van der Waals surface area contributed by atoms with Crippen LogP contribution >= 0.6 is 23.2 Å². The van der Waals surface area contributed by atoms with Gasteiger partial charge in [0.1, 0.15) is 15.9 Å². The van der Waals surface area contributed by atoms with Crippen molar-refractivity contribution in [3.05, 3.63) is 21.9 Å². The molecule has 0 spiro atoms. The third-order valence-electron chi connectivity index (χ3n) is 1.19. The molecule has 6 heteroatoms. The van der Waals surface area contributed by atoms with Gasteiger partial charge in [-0.25, -0.2) is 13.8 Å². The number of nitrogens with zero attached hydrogens (tertiary/aromatic N) is 1. The van der Waals surface area contributed by atoms with Crippen LogP contribution in [0, 0.1) is 0 Å². The molecule has 12 heavy (non-hydrogen) atoms. The first-order valence-electron chi connectivity index (χ1n) is 2.92. The van der Waals surface area contributed by atoms with Crippen molar-refractivity contribution in [2.75, 3.05) is 5.73 Å². The summed E-state index contributed by atoms with van der Waals surface area (Å²) in [5.41, 5.74) is 4.81. The van der Waals surface area contributed by atoms with Crippen molar-refractivity contribution in [1.29, 1.82) is 0 Å². The molecule has 0 saturated carbocycles. The maximum atomic E-state index is 12.0. The number of hydrogen-bond donors (Lipinski definition) is 1. The van der Waals surface area contributed by atoms with Crippen LogP contribution in [0.3, 0.4) is 0 Å². The fourth-order valence-electron chi connectivity index (χ4n) is 0.648. The van der Waals surface area contributed by atoms with Crippen molar-refractivity contribution >= 4 is 28.9 Å². The summed E-state index contributed by atoms with van der Waals surface area (Å²) in [7, 11) is 0. The summed E-state index contributed by atoms with van der Waals surface area (Å²) >= 11 is 10.9. The van der Waals surface area contributed by atoms with Crippen LogP contribution in [0.5, 0.6) is 0 Å². The fourth-order valence-corrected chi connectivity index (χ4v) is 0.952. The Morgan fingerprint density at radius 1 is 1.42 bits per heavy atom. The minimum Gasteiger partial charge on any atom is -0.397 e. The zero-order chi connectivity index (χ0) is 9.30. The number of rotatable bonds is 1. The Morgan fingerprint density at radius 3 is 2.42 bits per heavy atom. The lowest BCUT2D eigenvalue weighted by Crippen LogP contribution is -1.95. The van der Waals surface area contributed by atoms with Gasteiger partial charge in [-0.1, -0.05) is 23.2 Å². The second kappa shape index (κ2) is 3.41. The van der Waals surface area contributed by atoms with Crippen LogP contribution in [0.4, 0.5) is 14.5 Å². The SMILES string of the molecule is Nc1cc(C(F)F)nc(Cl)c1Cl. The van der Waals surface area contributed by atoms with E-state index in [0.717, 1.165) is 6.07 Å². The van der Waals surface area contributed by atoms with Crippen molar-refractivity contribution in [3.63, 3.8) is 0 Å². The summed E-state index contributed by atoms with van der Waals surface area (Å²) in [5, 5.41) is -0.201. The van der Waals surface area contributed by atoms with E-state index in [9.17, 15) is 8.78 Å².